The molecule has 0 radical (unpaired) electrons. The number of hydrogen-bond acceptors (Lipinski definition) is 5. The Balaban J connectivity index is 1.39. The van der Waals surface area contributed by atoms with Crippen LogP contribution in [-0.2, 0) is 9.59 Å². The maximum absolute atomic E-state index is 13.9. The molecule has 6 rings (SSSR count). The highest BCUT2D eigenvalue weighted by Crippen LogP contribution is 2.53. The summed E-state index contributed by atoms with van der Waals surface area (Å²) in [6, 6.07) is 13.1. The van der Waals surface area contributed by atoms with E-state index in [1.165, 1.54) is 0 Å². The lowest BCUT2D eigenvalue weighted by molar-refractivity contribution is -0.142. The number of amides is 2. The third kappa shape index (κ3) is 3.81. The van der Waals surface area contributed by atoms with Crippen molar-refractivity contribution in [3.63, 3.8) is 0 Å². The van der Waals surface area contributed by atoms with E-state index in [4.69, 9.17) is 14.6 Å². The third-order valence-electron chi connectivity index (χ3n) is 7.70. The van der Waals surface area contributed by atoms with Crippen molar-refractivity contribution < 1.29 is 29.0 Å². The van der Waals surface area contributed by atoms with Crippen LogP contribution in [0.3, 0.4) is 0 Å². The van der Waals surface area contributed by atoms with Crippen molar-refractivity contribution in [2.24, 2.45) is 5.92 Å². The second-order valence-corrected chi connectivity index (χ2v) is 9.83. The van der Waals surface area contributed by atoms with E-state index in [2.05, 4.69) is 0 Å². The molecular formula is C27H28N2O6. The number of anilines is 1. The number of nitrogens with zero attached hydrogens (tertiary/aromatic N) is 2. The number of carbonyl (C=O) groups excluding carboxylic acids is 2. The highest BCUT2D eigenvalue weighted by molar-refractivity contribution is 6.08. The van der Waals surface area contributed by atoms with Crippen molar-refractivity contribution in [3.05, 3.63) is 53.6 Å². The summed E-state index contributed by atoms with van der Waals surface area (Å²) < 4.78 is 10.9. The van der Waals surface area contributed by atoms with Crippen molar-refractivity contribution in [1.29, 1.82) is 0 Å². The van der Waals surface area contributed by atoms with Crippen molar-refractivity contribution in [2.45, 2.75) is 63.1 Å². The van der Waals surface area contributed by atoms with E-state index in [0.717, 1.165) is 43.4 Å². The van der Waals surface area contributed by atoms with Crippen LogP contribution in [0.25, 0.3) is 0 Å². The topological polar surface area (TPSA) is 96.4 Å². The van der Waals surface area contributed by atoms with Crippen LogP contribution in [0.1, 0.15) is 66.9 Å². The maximum Gasteiger partial charge on any atom is 0.303 e. The molecule has 2 aliphatic heterocycles. The molecule has 35 heavy (non-hydrogen) atoms. The molecule has 2 aromatic rings. The van der Waals surface area contributed by atoms with Gasteiger partial charge in [-0.3, -0.25) is 14.4 Å². The Morgan fingerprint density at radius 1 is 0.971 bits per heavy atom. The lowest BCUT2D eigenvalue weighted by Crippen LogP contribution is -2.52. The lowest BCUT2D eigenvalue weighted by Gasteiger charge is -2.48. The van der Waals surface area contributed by atoms with Crippen molar-refractivity contribution in [2.75, 3.05) is 11.7 Å². The summed E-state index contributed by atoms with van der Waals surface area (Å²) in [5.41, 5.74) is 2.35. The molecule has 0 bridgehead atoms. The van der Waals surface area contributed by atoms with Gasteiger partial charge in [-0.05, 0) is 55.5 Å². The number of aliphatic carboxylic acids is 1. The van der Waals surface area contributed by atoms with E-state index in [1.54, 1.807) is 18.2 Å². The number of rotatable bonds is 6. The predicted octanol–water partition coefficient (Wildman–Crippen LogP) is 4.14. The predicted molar refractivity (Wildman–Crippen MR) is 126 cm³/mol. The number of para-hydroxylation sites is 1. The van der Waals surface area contributed by atoms with Gasteiger partial charge in [0.1, 0.15) is 0 Å². The lowest BCUT2D eigenvalue weighted by atomic mass is 9.81. The van der Waals surface area contributed by atoms with Gasteiger partial charge in [-0.25, -0.2) is 0 Å². The molecule has 182 valence electrons. The number of carboxylic acid groups (broad SMARTS) is 1. The average molecular weight is 477 g/mol. The summed E-state index contributed by atoms with van der Waals surface area (Å²) in [5.74, 6) is 0.178. The minimum absolute atomic E-state index is 0.00171. The number of benzene rings is 2. The van der Waals surface area contributed by atoms with Crippen LogP contribution < -0.4 is 14.4 Å². The first-order chi connectivity index (χ1) is 17.0. The summed E-state index contributed by atoms with van der Waals surface area (Å²) in [6.45, 7) is 0.152. The minimum Gasteiger partial charge on any atom is -0.481 e. The number of carbonyl (C=O) groups is 3. The molecule has 3 atom stereocenters. The number of carboxylic acids is 1. The molecule has 0 aromatic heterocycles. The molecular weight excluding hydrogens is 448 g/mol. The van der Waals surface area contributed by atoms with Crippen LogP contribution in [0.5, 0.6) is 11.5 Å². The zero-order valence-corrected chi connectivity index (χ0v) is 19.4. The Hall–Kier alpha value is -3.55. The van der Waals surface area contributed by atoms with E-state index in [0.29, 0.717) is 17.1 Å². The van der Waals surface area contributed by atoms with Crippen molar-refractivity contribution in [1.82, 2.24) is 4.90 Å². The number of hydrogen-bond donors (Lipinski definition) is 1. The first kappa shape index (κ1) is 21.9. The van der Waals surface area contributed by atoms with Gasteiger partial charge in [0.25, 0.3) is 5.91 Å². The van der Waals surface area contributed by atoms with Gasteiger partial charge in [-0.2, -0.15) is 0 Å². The summed E-state index contributed by atoms with van der Waals surface area (Å²) >= 11 is 0. The quantitative estimate of drug-likeness (QED) is 0.673. The van der Waals surface area contributed by atoms with Crippen LogP contribution >= 0.6 is 0 Å². The van der Waals surface area contributed by atoms with Crippen LogP contribution in [0, 0.1) is 5.92 Å². The van der Waals surface area contributed by atoms with Crippen molar-refractivity contribution in [3.8, 4) is 11.5 Å². The zero-order valence-electron chi connectivity index (χ0n) is 19.4. The van der Waals surface area contributed by atoms with E-state index < -0.39 is 5.97 Å². The van der Waals surface area contributed by atoms with Gasteiger partial charge in [0.2, 0.25) is 12.7 Å². The normalized spacial score (nSPS) is 24.0. The molecule has 2 saturated carbocycles. The van der Waals surface area contributed by atoms with Gasteiger partial charge in [0.05, 0.1) is 12.5 Å². The van der Waals surface area contributed by atoms with Crippen molar-refractivity contribution >= 4 is 23.5 Å². The van der Waals surface area contributed by atoms with Crippen LogP contribution in [-0.4, -0.2) is 46.7 Å². The molecule has 1 N–H and O–H groups in total. The van der Waals surface area contributed by atoms with Gasteiger partial charge in [-0.1, -0.05) is 24.6 Å². The fourth-order valence-corrected chi connectivity index (χ4v) is 6.09. The average Bonchev–Trinajstić information content (AvgIpc) is 3.37. The second-order valence-electron chi connectivity index (χ2n) is 9.83. The molecule has 8 heteroatoms. The summed E-state index contributed by atoms with van der Waals surface area (Å²) in [5, 5.41) is 9.15. The Morgan fingerprint density at radius 2 is 1.77 bits per heavy atom. The van der Waals surface area contributed by atoms with Gasteiger partial charge in [0, 0.05) is 35.7 Å². The van der Waals surface area contributed by atoms with E-state index in [9.17, 15) is 14.4 Å². The van der Waals surface area contributed by atoms with Crippen LogP contribution in [0.4, 0.5) is 5.69 Å². The first-order valence-corrected chi connectivity index (χ1v) is 12.4. The largest absolute Gasteiger partial charge is 0.481 e. The molecule has 2 amide bonds. The molecule has 2 aliphatic carbocycles. The Labute approximate surface area is 203 Å². The van der Waals surface area contributed by atoms with Gasteiger partial charge >= 0.3 is 5.97 Å². The molecule has 0 saturated heterocycles. The highest BCUT2D eigenvalue weighted by Gasteiger charge is 2.51. The SMILES string of the molecule is O=C(O)CCC(=O)N(C1CC1)C1c2ccccc2N(C(=O)c2ccc3c(c2)OCO3)C2CCCC21. The first-order valence-electron chi connectivity index (χ1n) is 12.4. The molecule has 3 unspecified atom stereocenters. The van der Waals surface area contributed by atoms with Gasteiger partial charge < -0.3 is 24.4 Å². The summed E-state index contributed by atoms with van der Waals surface area (Å²) in [4.78, 5) is 42.3. The summed E-state index contributed by atoms with van der Waals surface area (Å²) in [7, 11) is 0. The highest BCUT2D eigenvalue weighted by atomic mass is 16.7. The van der Waals surface area contributed by atoms with Gasteiger partial charge in [0.15, 0.2) is 11.5 Å². The third-order valence-corrected chi connectivity index (χ3v) is 7.70. The number of ether oxygens (including phenoxy) is 2. The fraction of sp³-hybridized carbons (Fsp3) is 0.444. The van der Waals surface area contributed by atoms with Crippen LogP contribution in [0.15, 0.2) is 42.5 Å². The molecule has 8 nitrogen and oxygen atoms in total. The van der Waals surface area contributed by atoms with Crippen LogP contribution in [0.2, 0.25) is 0 Å². The number of fused-ring (bicyclic) bond motifs is 3. The fourth-order valence-electron chi connectivity index (χ4n) is 6.09. The monoisotopic (exact) mass is 476 g/mol. The molecule has 4 aliphatic rings. The Kier molecular flexibility index (Phi) is 5.39. The molecule has 2 heterocycles. The minimum atomic E-state index is -0.961. The van der Waals surface area contributed by atoms with Gasteiger partial charge in [-0.15, -0.1) is 0 Å². The van der Waals surface area contributed by atoms with E-state index in [1.807, 2.05) is 34.1 Å². The Morgan fingerprint density at radius 3 is 2.57 bits per heavy atom. The molecule has 2 fully saturated rings. The molecule has 0 spiro atoms. The summed E-state index contributed by atoms with van der Waals surface area (Å²) in [6.07, 6.45) is 4.48. The second kappa shape index (κ2) is 8.59. The maximum atomic E-state index is 13.9. The molecule has 2 aromatic carbocycles. The zero-order chi connectivity index (χ0) is 24.1. The standard InChI is InChI=1S/C27H28N2O6/c30-24(12-13-25(31)32)28(17-9-10-17)26-18-4-1-2-6-20(18)29(21-7-3-5-19(21)26)27(33)16-8-11-22-23(14-16)35-15-34-22/h1-2,4,6,8,11,14,17,19,21,26H,3,5,7,9-10,12-13,15H2,(H,31,32). The Bertz CT molecular complexity index is 1190. The van der Waals surface area contributed by atoms with E-state index >= 15 is 0 Å². The van der Waals surface area contributed by atoms with E-state index in [-0.39, 0.29) is 55.5 Å². The smallest absolute Gasteiger partial charge is 0.303 e.